The summed E-state index contributed by atoms with van der Waals surface area (Å²) in [5.41, 5.74) is 2.28. The molecule has 2 aromatic carbocycles. The second-order valence-corrected chi connectivity index (χ2v) is 7.37. The highest BCUT2D eigenvalue weighted by atomic mass is 35.5. The van der Waals surface area contributed by atoms with Crippen LogP contribution in [0.5, 0.6) is 11.5 Å². The number of halogens is 1. The van der Waals surface area contributed by atoms with Crippen LogP contribution in [0.1, 0.15) is 11.1 Å². The second kappa shape index (κ2) is 8.58. The van der Waals surface area contributed by atoms with Gasteiger partial charge in [-0.3, -0.25) is 14.5 Å². The number of carbonyl (C=O) groups excluding carboxylic acids is 2. The van der Waals surface area contributed by atoms with Crippen molar-refractivity contribution in [3.63, 3.8) is 0 Å². The summed E-state index contributed by atoms with van der Waals surface area (Å²) >= 11 is 7.00. The lowest BCUT2D eigenvalue weighted by Gasteiger charge is -2.16. The Kier molecular flexibility index (Phi) is 6.16. The van der Waals surface area contributed by atoms with Crippen LogP contribution in [0.3, 0.4) is 0 Å². The molecular weight excluding hydrogens is 400 g/mol. The van der Waals surface area contributed by atoms with Gasteiger partial charge < -0.3 is 14.8 Å². The van der Waals surface area contributed by atoms with E-state index < -0.39 is 0 Å². The second-order valence-electron chi connectivity index (χ2n) is 5.96. The maximum atomic E-state index is 12.7. The molecule has 0 aromatic heterocycles. The molecule has 0 aliphatic carbocycles. The normalized spacial score (nSPS) is 15.3. The summed E-state index contributed by atoms with van der Waals surface area (Å²) in [6.07, 6.45) is 1.64. The molecule has 1 N–H and O–H groups in total. The summed E-state index contributed by atoms with van der Waals surface area (Å²) in [6, 6.07) is 10.7. The Hall–Kier alpha value is -2.64. The largest absolute Gasteiger partial charge is 0.497 e. The Bertz CT molecular complexity index is 961. The van der Waals surface area contributed by atoms with Gasteiger partial charge in [0, 0.05) is 16.3 Å². The van der Waals surface area contributed by atoms with E-state index in [0.717, 1.165) is 27.9 Å². The molecule has 0 bridgehead atoms. The van der Waals surface area contributed by atoms with Crippen LogP contribution in [0.4, 0.5) is 10.5 Å². The van der Waals surface area contributed by atoms with Crippen LogP contribution >= 0.6 is 23.4 Å². The van der Waals surface area contributed by atoms with Gasteiger partial charge in [0.05, 0.1) is 25.8 Å². The minimum Gasteiger partial charge on any atom is -0.497 e. The third-order valence-corrected chi connectivity index (χ3v) is 5.61. The summed E-state index contributed by atoms with van der Waals surface area (Å²) in [4.78, 5) is 26.5. The number of benzene rings is 2. The van der Waals surface area contributed by atoms with Gasteiger partial charge in [0.1, 0.15) is 11.5 Å². The Balaban J connectivity index is 1.80. The van der Waals surface area contributed by atoms with Crippen LogP contribution in [0.25, 0.3) is 6.08 Å². The van der Waals surface area contributed by atoms with E-state index in [1.165, 1.54) is 0 Å². The molecular formula is C20H19ClN2O4S. The number of imide groups is 1. The van der Waals surface area contributed by atoms with Gasteiger partial charge >= 0.3 is 0 Å². The van der Waals surface area contributed by atoms with Gasteiger partial charge in [0.25, 0.3) is 11.1 Å². The summed E-state index contributed by atoms with van der Waals surface area (Å²) in [6.45, 7) is 1.92. The number of thioether (sulfide) groups is 1. The number of carbonyl (C=O) groups is 2. The van der Waals surface area contributed by atoms with Crippen molar-refractivity contribution in [3.8, 4) is 11.5 Å². The summed E-state index contributed by atoms with van der Waals surface area (Å²) in [5.74, 6) is 0.844. The molecule has 0 unspecified atom stereocenters. The lowest BCUT2D eigenvalue weighted by molar-refractivity contribution is -0.122. The van der Waals surface area contributed by atoms with Crippen LogP contribution in [-0.4, -0.2) is 36.9 Å². The number of hydrogen-bond donors (Lipinski definition) is 1. The highest BCUT2D eigenvalue weighted by molar-refractivity contribution is 8.18. The van der Waals surface area contributed by atoms with Crippen molar-refractivity contribution in [3.05, 3.63) is 57.5 Å². The van der Waals surface area contributed by atoms with Crippen molar-refractivity contribution in [1.29, 1.82) is 0 Å². The highest BCUT2D eigenvalue weighted by Gasteiger charge is 2.35. The number of amides is 2. The first-order chi connectivity index (χ1) is 13.4. The van der Waals surface area contributed by atoms with Crippen molar-refractivity contribution in [2.24, 2.45) is 0 Å². The number of nitrogens with zero attached hydrogens (tertiary/aromatic N) is 1. The van der Waals surface area contributed by atoms with Crippen LogP contribution in [-0.2, 0) is 4.79 Å². The van der Waals surface area contributed by atoms with E-state index in [0.29, 0.717) is 27.0 Å². The third kappa shape index (κ3) is 4.10. The summed E-state index contributed by atoms with van der Waals surface area (Å²) < 4.78 is 10.6. The monoisotopic (exact) mass is 418 g/mol. The average molecular weight is 419 g/mol. The number of methoxy groups -OCH3 is 2. The van der Waals surface area contributed by atoms with E-state index in [9.17, 15) is 9.59 Å². The molecule has 0 spiro atoms. The van der Waals surface area contributed by atoms with Gasteiger partial charge in [0.2, 0.25) is 0 Å². The highest BCUT2D eigenvalue weighted by Crippen LogP contribution is 2.35. The quantitative estimate of drug-likeness (QED) is 0.681. The topological polar surface area (TPSA) is 67.9 Å². The number of ether oxygens (including phenoxy) is 2. The lowest BCUT2D eigenvalue weighted by Crippen LogP contribution is -2.33. The lowest BCUT2D eigenvalue weighted by atomic mass is 10.1. The van der Waals surface area contributed by atoms with Crippen molar-refractivity contribution < 1.29 is 19.1 Å². The van der Waals surface area contributed by atoms with Gasteiger partial charge in [-0.25, -0.2) is 0 Å². The van der Waals surface area contributed by atoms with E-state index in [-0.39, 0.29) is 17.8 Å². The minimum absolute atomic E-state index is 0.0540. The minimum atomic E-state index is -0.368. The molecule has 1 saturated heterocycles. The van der Waals surface area contributed by atoms with Gasteiger partial charge in [0.15, 0.2) is 0 Å². The summed E-state index contributed by atoms with van der Waals surface area (Å²) in [7, 11) is 3.10. The summed E-state index contributed by atoms with van der Waals surface area (Å²) in [5, 5.41) is 3.37. The molecule has 8 heteroatoms. The molecule has 2 amide bonds. The molecule has 1 aliphatic heterocycles. The average Bonchev–Trinajstić information content (AvgIpc) is 2.96. The van der Waals surface area contributed by atoms with Crippen LogP contribution in [0, 0.1) is 6.92 Å². The molecule has 1 fully saturated rings. The Labute approximate surface area is 172 Å². The zero-order chi connectivity index (χ0) is 20.3. The first-order valence-corrected chi connectivity index (χ1v) is 9.60. The maximum absolute atomic E-state index is 12.7. The van der Waals surface area contributed by atoms with Crippen molar-refractivity contribution in [2.75, 3.05) is 26.2 Å². The molecule has 0 radical (unpaired) electrons. The van der Waals surface area contributed by atoms with E-state index in [1.807, 2.05) is 13.0 Å². The predicted molar refractivity (Wildman–Crippen MR) is 112 cm³/mol. The van der Waals surface area contributed by atoms with Crippen LogP contribution < -0.4 is 14.8 Å². The van der Waals surface area contributed by atoms with Crippen LogP contribution in [0.2, 0.25) is 5.02 Å². The van der Waals surface area contributed by atoms with Crippen molar-refractivity contribution in [1.82, 2.24) is 4.90 Å². The molecule has 3 rings (SSSR count). The zero-order valence-electron chi connectivity index (χ0n) is 15.6. The molecule has 28 heavy (non-hydrogen) atoms. The van der Waals surface area contributed by atoms with Crippen molar-refractivity contribution in [2.45, 2.75) is 6.92 Å². The van der Waals surface area contributed by atoms with Crippen molar-refractivity contribution >= 4 is 46.3 Å². The smallest absolute Gasteiger partial charge is 0.295 e. The molecule has 146 valence electrons. The molecule has 0 atom stereocenters. The Morgan fingerprint density at radius 2 is 1.96 bits per heavy atom. The number of nitrogens with one attached hydrogen (secondary N) is 1. The molecule has 1 heterocycles. The number of hydrogen-bond acceptors (Lipinski definition) is 6. The molecule has 0 saturated carbocycles. The van der Waals surface area contributed by atoms with E-state index >= 15 is 0 Å². The fourth-order valence-electron chi connectivity index (χ4n) is 2.69. The number of rotatable bonds is 6. The maximum Gasteiger partial charge on any atom is 0.295 e. The van der Waals surface area contributed by atoms with E-state index in [2.05, 4.69) is 5.32 Å². The van der Waals surface area contributed by atoms with Crippen LogP contribution in [0.15, 0.2) is 41.3 Å². The fourth-order valence-corrected chi connectivity index (χ4v) is 3.70. The Morgan fingerprint density at radius 3 is 2.68 bits per heavy atom. The molecule has 6 nitrogen and oxygen atoms in total. The molecule has 1 aliphatic rings. The van der Waals surface area contributed by atoms with E-state index in [1.54, 1.807) is 50.6 Å². The molecule has 2 aromatic rings. The van der Waals surface area contributed by atoms with Gasteiger partial charge in [-0.1, -0.05) is 17.7 Å². The first kappa shape index (κ1) is 20.1. The predicted octanol–water partition coefficient (Wildman–Crippen LogP) is 4.77. The SMILES string of the molecule is COc1ccc(OC)c(/C=C2/SC(=O)N(CNc3cccc(Cl)c3C)C2=O)c1. The zero-order valence-corrected chi connectivity index (χ0v) is 17.2. The van der Waals surface area contributed by atoms with Gasteiger partial charge in [-0.15, -0.1) is 0 Å². The first-order valence-electron chi connectivity index (χ1n) is 8.41. The fraction of sp³-hybridized carbons (Fsp3) is 0.200. The van der Waals surface area contributed by atoms with Gasteiger partial charge in [-0.2, -0.15) is 0 Å². The third-order valence-electron chi connectivity index (χ3n) is 4.29. The number of anilines is 1. The Morgan fingerprint density at radius 1 is 1.18 bits per heavy atom. The standard InChI is InChI=1S/C20H19ClN2O4S/c1-12-15(21)5-4-6-16(12)22-11-23-19(24)18(28-20(23)25)10-13-9-14(26-2)7-8-17(13)27-3/h4-10,22H,11H2,1-3H3/b18-10+. The van der Waals surface area contributed by atoms with E-state index in [4.69, 9.17) is 21.1 Å². The van der Waals surface area contributed by atoms with Gasteiger partial charge in [-0.05, 0) is 60.7 Å².